The summed E-state index contributed by atoms with van der Waals surface area (Å²) in [6, 6.07) is 21.3. The molecule has 1 aromatic heterocycles. The number of likely N-dealkylation sites (tertiary alicyclic amines) is 1. The number of carbonyl (C=O) groups is 3. The molecule has 3 aromatic carbocycles. The van der Waals surface area contributed by atoms with Crippen LogP contribution in [0.3, 0.4) is 0 Å². The number of carbonyl (C=O) groups excluding carboxylic acids is 3. The van der Waals surface area contributed by atoms with Crippen LogP contribution in [0.5, 0.6) is 0 Å². The van der Waals surface area contributed by atoms with Gasteiger partial charge < -0.3 is 25.0 Å². The molecule has 7 rings (SSSR count). The minimum Gasteiger partial charge on any atom is -0.361 e. The number of amides is 3. The van der Waals surface area contributed by atoms with E-state index in [4.69, 9.17) is 11.6 Å². The SMILES string of the molecule is CN(C)C[C@@H]1Cc2cc(Cl)ccc2N(C(=O)[C@@H](Cc2c[nH]c3ccccc23)NC(=O)C2CCN(C(=O)C3Cc4ccccc4C3)CC2)C1. The molecule has 8 nitrogen and oxygen atoms in total. The van der Waals surface area contributed by atoms with Gasteiger partial charge in [-0.15, -0.1) is 0 Å². The molecule has 1 fully saturated rings. The molecule has 4 aromatic rings. The van der Waals surface area contributed by atoms with Gasteiger partial charge in [-0.3, -0.25) is 14.4 Å². The van der Waals surface area contributed by atoms with Crippen molar-refractivity contribution in [1.82, 2.24) is 20.1 Å². The van der Waals surface area contributed by atoms with Gasteiger partial charge in [-0.2, -0.15) is 0 Å². The lowest BCUT2D eigenvalue weighted by molar-refractivity contribution is -0.139. The van der Waals surface area contributed by atoms with Gasteiger partial charge in [0.1, 0.15) is 6.04 Å². The molecule has 2 atom stereocenters. The lowest BCUT2D eigenvalue weighted by atomic mass is 9.90. The summed E-state index contributed by atoms with van der Waals surface area (Å²) in [5, 5.41) is 4.91. The number of benzene rings is 3. The minimum atomic E-state index is -0.755. The van der Waals surface area contributed by atoms with E-state index in [0.717, 1.165) is 53.5 Å². The summed E-state index contributed by atoms with van der Waals surface area (Å²) >= 11 is 6.41. The number of nitrogens with one attached hydrogen (secondary N) is 2. The van der Waals surface area contributed by atoms with Crippen molar-refractivity contribution < 1.29 is 14.4 Å². The Labute approximate surface area is 287 Å². The number of rotatable bonds is 8. The summed E-state index contributed by atoms with van der Waals surface area (Å²) in [5.41, 5.74) is 6.43. The number of aromatic amines is 1. The average molecular weight is 666 g/mol. The van der Waals surface area contributed by atoms with Gasteiger partial charge in [-0.05, 0) is 98.6 Å². The number of hydrogen-bond acceptors (Lipinski definition) is 4. The Hall–Kier alpha value is -4.14. The van der Waals surface area contributed by atoms with Gasteiger partial charge in [0.25, 0.3) is 0 Å². The van der Waals surface area contributed by atoms with Crippen molar-refractivity contribution in [3.05, 3.63) is 100 Å². The van der Waals surface area contributed by atoms with Gasteiger partial charge >= 0.3 is 0 Å². The number of piperidine rings is 1. The highest BCUT2D eigenvalue weighted by atomic mass is 35.5. The number of hydrogen-bond donors (Lipinski definition) is 2. The molecule has 3 heterocycles. The Morgan fingerprint density at radius 1 is 0.917 bits per heavy atom. The van der Waals surface area contributed by atoms with E-state index in [-0.39, 0.29) is 35.5 Å². The largest absolute Gasteiger partial charge is 0.361 e. The first-order chi connectivity index (χ1) is 23.2. The van der Waals surface area contributed by atoms with Gasteiger partial charge in [-0.25, -0.2) is 0 Å². The van der Waals surface area contributed by atoms with Crippen LogP contribution in [0.25, 0.3) is 10.9 Å². The van der Waals surface area contributed by atoms with E-state index in [9.17, 15) is 14.4 Å². The summed E-state index contributed by atoms with van der Waals surface area (Å²) < 4.78 is 0. The lowest BCUT2D eigenvalue weighted by Gasteiger charge is -2.38. The molecular formula is C39H44ClN5O3. The minimum absolute atomic E-state index is 0.0235. The maximum atomic E-state index is 14.6. The van der Waals surface area contributed by atoms with Crippen molar-refractivity contribution in [3.8, 4) is 0 Å². The fraction of sp³-hybridized carbons (Fsp3) is 0.410. The number of para-hydroxylation sites is 1. The quantitative estimate of drug-likeness (QED) is 0.269. The molecule has 3 aliphatic rings. The molecular weight excluding hydrogens is 622 g/mol. The summed E-state index contributed by atoms with van der Waals surface area (Å²) in [4.78, 5) is 51.3. The molecule has 0 bridgehead atoms. The molecule has 0 radical (unpaired) electrons. The predicted octanol–water partition coefficient (Wildman–Crippen LogP) is 5.27. The maximum Gasteiger partial charge on any atom is 0.249 e. The first kappa shape index (κ1) is 32.4. The van der Waals surface area contributed by atoms with Gasteiger partial charge in [0.05, 0.1) is 0 Å². The van der Waals surface area contributed by atoms with Gasteiger partial charge in [0.15, 0.2) is 0 Å². The van der Waals surface area contributed by atoms with E-state index in [1.54, 1.807) is 0 Å². The van der Waals surface area contributed by atoms with Gasteiger partial charge in [0, 0.05) is 72.2 Å². The van der Waals surface area contributed by atoms with E-state index in [0.29, 0.717) is 43.9 Å². The van der Waals surface area contributed by atoms with Crippen molar-refractivity contribution in [3.63, 3.8) is 0 Å². The molecule has 1 saturated heterocycles. The summed E-state index contributed by atoms with van der Waals surface area (Å²) in [7, 11) is 4.09. The highest BCUT2D eigenvalue weighted by Crippen LogP contribution is 2.34. The molecule has 0 spiro atoms. The van der Waals surface area contributed by atoms with Crippen LogP contribution in [0, 0.1) is 17.8 Å². The Morgan fingerprint density at radius 3 is 2.35 bits per heavy atom. The van der Waals surface area contributed by atoms with Crippen molar-refractivity contribution >= 4 is 45.9 Å². The summed E-state index contributed by atoms with van der Waals surface area (Å²) in [6.45, 7) is 2.51. The first-order valence-electron chi connectivity index (χ1n) is 17.2. The zero-order valence-electron chi connectivity index (χ0n) is 27.8. The topological polar surface area (TPSA) is 88.8 Å². The highest BCUT2D eigenvalue weighted by Gasteiger charge is 2.37. The summed E-state index contributed by atoms with van der Waals surface area (Å²) in [5.74, 6) is -0.102. The fourth-order valence-corrected chi connectivity index (χ4v) is 8.31. The third kappa shape index (κ3) is 6.74. The number of nitrogens with zero attached hydrogens (tertiary/aromatic N) is 3. The fourth-order valence-electron chi connectivity index (χ4n) is 8.11. The molecule has 9 heteroatoms. The van der Waals surface area contributed by atoms with E-state index in [2.05, 4.69) is 27.3 Å². The molecule has 1 aliphatic carbocycles. The molecule has 48 heavy (non-hydrogen) atoms. The zero-order chi connectivity index (χ0) is 33.4. The third-order valence-electron chi connectivity index (χ3n) is 10.5. The van der Waals surface area contributed by atoms with Crippen LogP contribution >= 0.6 is 11.6 Å². The normalized spacial score (nSPS) is 19.0. The van der Waals surface area contributed by atoms with Gasteiger partial charge in [0.2, 0.25) is 17.7 Å². The third-order valence-corrected chi connectivity index (χ3v) is 10.7. The average Bonchev–Trinajstić information content (AvgIpc) is 3.71. The number of aromatic nitrogens is 1. The van der Waals surface area contributed by atoms with E-state index >= 15 is 0 Å². The molecule has 2 aliphatic heterocycles. The Balaban J connectivity index is 1.08. The Kier molecular flexibility index (Phi) is 9.30. The second-order valence-corrected chi connectivity index (χ2v) is 14.6. The predicted molar refractivity (Wildman–Crippen MR) is 190 cm³/mol. The maximum absolute atomic E-state index is 14.6. The van der Waals surface area contributed by atoms with Crippen LogP contribution in [0.4, 0.5) is 5.69 Å². The van der Waals surface area contributed by atoms with Crippen LogP contribution in [-0.2, 0) is 40.1 Å². The van der Waals surface area contributed by atoms with Crippen LogP contribution in [0.2, 0.25) is 5.02 Å². The van der Waals surface area contributed by atoms with Crippen molar-refractivity contribution in [2.45, 2.75) is 44.6 Å². The molecule has 2 N–H and O–H groups in total. The second-order valence-electron chi connectivity index (χ2n) is 14.2. The monoisotopic (exact) mass is 665 g/mol. The molecule has 0 saturated carbocycles. The molecule has 3 amide bonds. The molecule has 250 valence electrons. The number of fused-ring (bicyclic) bond motifs is 3. The second kappa shape index (κ2) is 13.8. The van der Waals surface area contributed by atoms with Crippen molar-refractivity contribution in [1.29, 1.82) is 0 Å². The number of anilines is 1. The zero-order valence-corrected chi connectivity index (χ0v) is 28.5. The standard InChI is InChI=1S/C39H44ClN5O3/c1-43(2)23-25-17-29-20-32(40)11-12-36(29)45(24-25)39(48)35(21-31-22-41-34-10-6-5-9-33(31)34)42-37(46)26-13-15-44(16-14-26)38(47)30-18-27-7-3-4-8-28(27)19-30/h3-12,20,22,25-26,30,35,41H,13-19,21,23-24H2,1-2H3,(H,42,46)/t25-,35+/m0/s1. The van der Waals surface area contributed by atoms with Crippen LogP contribution in [0.15, 0.2) is 72.9 Å². The smallest absolute Gasteiger partial charge is 0.249 e. The van der Waals surface area contributed by atoms with Crippen LogP contribution < -0.4 is 10.2 Å². The lowest BCUT2D eigenvalue weighted by Crippen LogP contribution is -2.55. The van der Waals surface area contributed by atoms with Crippen molar-refractivity contribution in [2.24, 2.45) is 17.8 Å². The molecule has 0 unspecified atom stereocenters. The number of halogens is 1. The van der Waals surface area contributed by atoms with Crippen LogP contribution in [-0.4, -0.2) is 78.8 Å². The van der Waals surface area contributed by atoms with E-state index in [1.165, 1.54) is 11.1 Å². The van der Waals surface area contributed by atoms with Crippen molar-refractivity contribution in [2.75, 3.05) is 45.2 Å². The highest BCUT2D eigenvalue weighted by molar-refractivity contribution is 6.30. The Morgan fingerprint density at radius 2 is 1.62 bits per heavy atom. The van der Waals surface area contributed by atoms with E-state index in [1.807, 2.05) is 84.7 Å². The van der Waals surface area contributed by atoms with E-state index < -0.39 is 6.04 Å². The number of H-pyrrole nitrogens is 1. The van der Waals surface area contributed by atoms with Crippen LogP contribution in [0.1, 0.15) is 35.1 Å². The first-order valence-corrected chi connectivity index (χ1v) is 17.6. The van der Waals surface area contributed by atoms with Gasteiger partial charge in [-0.1, -0.05) is 54.1 Å². The Bertz CT molecular complexity index is 1800. The summed E-state index contributed by atoms with van der Waals surface area (Å²) in [6.07, 6.45) is 5.89.